The molecule has 1 spiro atoms. The lowest BCUT2D eigenvalue weighted by Gasteiger charge is -2.38. The van der Waals surface area contributed by atoms with E-state index in [0.717, 1.165) is 0 Å². The van der Waals surface area contributed by atoms with Gasteiger partial charge in [0.2, 0.25) is 17.7 Å². The Hall–Kier alpha value is -3.15. The molecule has 3 heterocycles. The minimum atomic E-state index is -1.24. The van der Waals surface area contributed by atoms with Crippen molar-refractivity contribution in [2.75, 3.05) is 31.0 Å². The van der Waals surface area contributed by atoms with Crippen molar-refractivity contribution in [1.82, 2.24) is 4.90 Å². The number of alkyl halides is 1. The lowest BCUT2D eigenvalue weighted by atomic mass is 9.70. The zero-order chi connectivity index (χ0) is 30.2. The molecule has 226 valence electrons. The Morgan fingerprint density at radius 3 is 2.21 bits per heavy atom. The number of benzene rings is 2. The van der Waals surface area contributed by atoms with Crippen LogP contribution in [0.2, 0.25) is 0 Å². The van der Waals surface area contributed by atoms with Crippen LogP contribution in [0.3, 0.4) is 0 Å². The Labute approximate surface area is 254 Å². The van der Waals surface area contributed by atoms with Gasteiger partial charge in [-0.1, -0.05) is 36.2 Å². The molecule has 0 aliphatic carbocycles. The number of nitrogens with zero attached hydrogens (tertiary/aromatic N) is 1. The van der Waals surface area contributed by atoms with Crippen molar-refractivity contribution >= 4 is 45.0 Å². The summed E-state index contributed by atoms with van der Waals surface area (Å²) in [6.45, 7) is 6.02. The average Bonchev–Trinajstić information content (AvgIpc) is 3.58. The van der Waals surface area contributed by atoms with Gasteiger partial charge in [-0.15, -0.1) is 0 Å². The van der Waals surface area contributed by atoms with Crippen molar-refractivity contribution in [2.24, 2.45) is 17.8 Å². The van der Waals surface area contributed by atoms with E-state index in [1.54, 1.807) is 55.6 Å². The van der Waals surface area contributed by atoms with Gasteiger partial charge in [0.05, 0.1) is 44.3 Å². The summed E-state index contributed by atoms with van der Waals surface area (Å²) in [7, 11) is 1.56. The second-order valence-corrected chi connectivity index (χ2v) is 12.4. The fourth-order valence-electron chi connectivity index (χ4n) is 6.75. The van der Waals surface area contributed by atoms with Gasteiger partial charge in [0.15, 0.2) is 0 Å². The Morgan fingerprint density at radius 1 is 1.07 bits per heavy atom. The van der Waals surface area contributed by atoms with Gasteiger partial charge in [-0.3, -0.25) is 14.4 Å². The number of anilines is 2. The summed E-state index contributed by atoms with van der Waals surface area (Å²) in [4.78, 5) is 43.6. The van der Waals surface area contributed by atoms with Gasteiger partial charge in [0.25, 0.3) is 0 Å². The van der Waals surface area contributed by atoms with Gasteiger partial charge in [-0.2, -0.15) is 0 Å². The average molecular weight is 645 g/mol. The van der Waals surface area contributed by atoms with Gasteiger partial charge in [-0.05, 0) is 67.8 Å². The van der Waals surface area contributed by atoms with Crippen molar-refractivity contribution in [3.05, 3.63) is 48.5 Å². The van der Waals surface area contributed by atoms with Crippen molar-refractivity contribution in [3.63, 3.8) is 0 Å². The summed E-state index contributed by atoms with van der Waals surface area (Å²) in [6.07, 6.45) is 0.457. The molecule has 3 aliphatic heterocycles. The third kappa shape index (κ3) is 5.16. The van der Waals surface area contributed by atoms with Crippen LogP contribution in [0.4, 0.5) is 11.4 Å². The number of fused-ring (bicyclic) bond motifs is 1. The topological polar surface area (TPSA) is 126 Å². The van der Waals surface area contributed by atoms with Gasteiger partial charge >= 0.3 is 0 Å². The van der Waals surface area contributed by atoms with Crippen LogP contribution in [0.1, 0.15) is 33.6 Å². The molecule has 2 aromatic rings. The number of methoxy groups -OCH3 is 1. The van der Waals surface area contributed by atoms with E-state index < -0.39 is 41.5 Å². The molecule has 2 bridgehead atoms. The van der Waals surface area contributed by atoms with Gasteiger partial charge < -0.3 is 34.9 Å². The first-order valence-electron chi connectivity index (χ1n) is 14.4. The number of rotatable bonds is 11. The largest absolute Gasteiger partial charge is 0.497 e. The van der Waals surface area contributed by atoms with E-state index in [0.29, 0.717) is 42.3 Å². The van der Waals surface area contributed by atoms with E-state index in [9.17, 15) is 19.5 Å². The first-order chi connectivity index (χ1) is 20.2. The van der Waals surface area contributed by atoms with Crippen LogP contribution in [-0.2, 0) is 19.1 Å². The number of hydrogen-bond acceptors (Lipinski definition) is 7. The Balaban J connectivity index is 1.49. The van der Waals surface area contributed by atoms with E-state index >= 15 is 0 Å². The van der Waals surface area contributed by atoms with Crippen LogP contribution in [0.5, 0.6) is 11.5 Å². The van der Waals surface area contributed by atoms with Crippen LogP contribution in [0, 0.1) is 17.8 Å². The number of ether oxygens (including phenoxy) is 3. The van der Waals surface area contributed by atoms with E-state index in [1.165, 1.54) is 4.90 Å². The van der Waals surface area contributed by atoms with Crippen LogP contribution < -0.4 is 20.1 Å². The molecule has 3 saturated heterocycles. The molecule has 0 saturated carbocycles. The van der Waals surface area contributed by atoms with Crippen molar-refractivity contribution in [2.45, 2.75) is 62.2 Å². The summed E-state index contributed by atoms with van der Waals surface area (Å²) in [5.41, 5.74) is -0.144. The fourth-order valence-corrected chi connectivity index (χ4v) is 7.69. The summed E-state index contributed by atoms with van der Waals surface area (Å²) in [6, 6.07) is 12.3. The SMILES string of the molecule is CCOc1ccc(NC(=O)[C@H]2[C@@H]3OC4(CC3Br)C(C(=O)Nc3ccc(OC)cc3)N([C@@H](CO)[C@@H](C)CC)C(=O)[C@H]24)cc1. The molecule has 42 heavy (non-hydrogen) atoms. The highest BCUT2D eigenvalue weighted by Crippen LogP contribution is 2.60. The highest BCUT2D eigenvalue weighted by atomic mass is 79.9. The lowest BCUT2D eigenvalue weighted by molar-refractivity contribution is -0.144. The summed E-state index contributed by atoms with van der Waals surface area (Å²) in [5, 5.41) is 16.4. The molecule has 3 aliphatic rings. The van der Waals surface area contributed by atoms with Crippen LogP contribution in [-0.4, -0.2) is 76.7 Å². The first kappa shape index (κ1) is 30.3. The van der Waals surface area contributed by atoms with Crippen molar-refractivity contribution < 1.29 is 33.7 Å². The zero-order valence-electron chi connectivity index (χ0n) is 24.2. The monoisotopic (exact) mass is 643 g/mol. The van der Waals surface area contributed by atoms with Crippen LogP contribution >= 0.6 is 15.9 Å². The Kier molecular flexibility index (Phi) is 8.82. The molecule has 3 amide bonds. The van der Waals surface area contributed by atoms with Gasteiger partial charge in [-0.25, -0.2) is 0 Å². The molecule has 5 rings (SSSR count). The standard InChI is InChI=1S/C31H38BrN3O7/c1-5-17(3)23(16-36)35-27(29(38)34-19-7-11-20(40-4)12-8-19)31-15-22(32)26(42-31)24(25(31)30(35)39)28(37)33-18-9-13-21(14-10-18)41-6-2/h7-14,17,22-27,36H,5-6,15-16H2,1-4H3,(H,33,37)(H,34,38)/t17-,22?,23-,24+,25-,26+,27?,31?/m0/s1. The molecular formula is C31H38BrN3O7. The number of carbonyl (C=O) groups is 3. The third-order valence-electron chi connectivity index (χ3n) is 8.91. The Morgan fingerprint density at radius 2 is 1.67 bits per heavy atom. The molecule has 3 N–H and O–H groups in total. The predicted octanol–water partition coefficient (Wildman–Crippen LogP) is 3.83. The number of likely N-dealkylation sites (tertiary alicyclic amines) is 1. The summed E-state index contributed by atoms with van der Waals surface area (Å²) in [5.74, 6) is -1.62. The normalized spacial score (nSPS) is 29.1. The molecule has 11 heteroatoms. The quantitative estimate of drug-likeness (QED) is 0.318. The smallest absolute Gasteiger partial charge is 0.250 e. The number of amides is 3. The molecular weight excluding hydrogens is 606 g/mol. The predicted molar refractivity (Wildman–Crippen MR) is 161 cm³/mol. The number of aliphatic hydroxyl groups excluding tert-OH is 1. The fraction of sp³-hybridized carbons (Fsp3) is 0.516. The van der Waals surface area contributed by atoms with Crippen LogP contribution in [0.15, 0.2) is 48.5 Å². The highest BCUT2D eigenvalue weighted by Gasteiger charge is 2.77. The molecule has 3 unspecified atom stereocenters. The maximum atomic E-state index is 14.4. The molecule has 0 aromatic heterocycles. The van der Waals surface area contributed by atoms with Gasteiger partial charge in [0.1, 0.15) is 23.1 Å². The molecule has 10 nitrogen and oxygen atoms in total. The number of nitrogens with one attached hydrogen (secondary N) is 2. The maximum absolute atomic E-state index is 14.4. The first-order valence-corrected chi connectivity index (χ1v) is 15.3. The second kappa shape index (κ2) is 12.2. The molecule has 3 fully saturated rings. The zero-order valence-corrected chi connectivity index (χ0v) is 25.8. The summed E-state index contributed by atoms with van der Waals surface area (Å²) < 4.78 is 17.3. The molecule has 0 radical (unpaired) electrons. The van der Waals surface area contributed by atoms with E-state index in [-0.39, 0.29) is 29.2 Å². The number of carbonyl (C=O) groups excluding carboxylic acids is 3. The van der Waals surface area contributed by atoms with E-state index in [1.807, 2.05) is 20.8 Å². The highest BCUT2D eigenvalue weighted by molar-refractivity contribution is 9.09. The second-order valence-electron chi connectivity index (χ2n) is 11.2. The number of halogens is 1. The van der Waals surface area contributed by atoms with Crippen molar-refractivity contribution in [3.8, 4) is 11.5 Å². The molecule has 8 atom stereocenters. The molecule has 2 aromatic carbocycles. The van der Waals surface area contributed by atoms with E-state index in [4.69, 9.17) is 14.2 Å². The van der Waals surface area contributed by atoms with Gasteiger partial charge in [0, 0.05) is 16.2 Å². The van der Waals surface area contributed by atoms with E-state index in [2.05, 4.69) is 26.6 Å². The van der Waals surface area contributed by atoms with Crippen LogP contribution in [0.25, 0.3) is 0 Å². The lowest BCUT2D eigenvalue weighted by Crippen LogP contribution is -2.57. The minimum absolute atomic E-state index is 0.0986. The third-order valence-corrected chi connectivity index (χ3v) is 9.76. The minimum Gasteiger partial charge on any atom is -0.497 e. The Bertz CT molecular complexity index is 1310. The maximum Gasteiger partial charge on any atom is 0.250 e. The summed E-state index contributed by atoms with van der Waals surface area (Å²) >= 11 is 3.70. The number of hydrogen-bond donors (Lipinski definition) is 3. The van der Waals surface area contributed by atoms with Crippen molar-refractivity contribution in [1.29, 1.82) is 0 Å². The number of aliphatic hydroxyl groups is 1.